The van der Waals surface area contributed by atoms with Crippen molar-refractivity contribution >= 4 is 156 Å². The Kier molecular flexibility index (Phi) is 18.7. The van der Waals surface area contributed by atoms with Crippen molar-refractivity contribution in [3.8, 4) is 44.8 Å². The number of fused-ring (bicyclic) bond motifs is 14. The van der Waals surface area contributed by atoms with E-state index in [1.165, 1.54) is 17.7 Å². The minimum atomic E-state index is -4.47. The monoisotopic (exact) mass is 1550 g/mol. The first-order chi connectivity index (χ1) is 57.9. The second-order valence-electron chi connectivity index (χ2n) is 30.5. The van der Waals surface area contributed by atoms with Gasteiger partial charge in [0.15, 0.2) is 0 Å². The van der Waals surface area contributed by atoms with E-state index in [4.69, 9.17) is 0 Å². The standard InChI is InChI=1S/C56H40F2N2.C54H37F3N2/c1-4-37-20-25-42(26-21-37)59(54-18-10-14-39-12-6-8-16-46(39)54)44-29-32-48-49-33-30-45(36-53(49)51-34-41(56(3,57)58)24-31-50(51)52(48)35-44)60(43-27-22-38(5-2)23-28-43)55-19-11-15-40-13-7-9-17-47(40)55;1-4-35-11-7-13-37(27-35)39-18-22-50-46(29-39)48-31-41(20-24-51(48)58(50)44-16-6-10-34(3)26-44)42-21-25-53-49(32-42)47-30-40(38-14-8-12-36(5-2)28-38)19-23-52(47)59(53)45-17-9-15-43(33-45)54(55,56)57/h4-36H,1-2H2,3H3;4-33H,1-2H2,3H3. The fourth-order valence-electron chi connectivity index (χ4n) is 17.3. The second kappa shape index (κ2) is 30.0. The van der Waals surface area contributed by atoms with Gasteiger partial charge in [-0.25, -0.2) is 8.78 Å². The van der Waals surface area contributed by atoms with Crippen LogP contribution in [0.1, 0.15) is 45.9 Å². The molecule has 119 heavy (non-hydrogen) atoms. The third-order valence-corrected chi connectivity index (χ3v) is 23.2. The van der Waals surface area contributed by atoms with Crippen LogP contribution in [0.4, 0.5) is 56.1 Å². The van der Waals surface area contributed by atoms with Gasteiger partial charge in [-0.3, -0.25) is 0 Å². The van der Waals surface area contributed by atoms with Crippen molar-refractivity contribution in [1.29, 1.82) is 0 Å². The molecule has 0 aliphatic rings. The Morgan fingerprint density at radius 1 is 0.261 bits per heavy atom. The van der Waals surface area contributed by atoms with Crippen LogP contribution >= 0.6 is 0 Å². The van der Waals surface area contributed by atoms with Crippen molar-refractivity contribution in [3.63, 3.8) is 0 Å². The van der Waals surface area contributed by atoms with E-state index in [2.05, 4.69) is 333 Å². The molecule has 18 aromatic carbocycles. The Bertz CT molecular complexity index is 7490. The van der Waals surface area contributed by atoms with E-state index < -0.39 is 17.7 Å². The summed E-state index contributed by atoms with van der Waals surface area (Å²) in [4.78, 5) is 4.54. The Hall–Kier alpha value is -14.9. The summed E-state index contributed by atoms with van der Waals surface area (Å²) in [5.41, 5.74) is 22.2. The molecular formula is C110H77F5N4. The smallest absolute Gasteiger partial charge is 0.310 e. The number of benzene rings is 18. The number of nitrogens with zero attached hydrogens (tertiary/aromatic N) is 4. The number of aryl methyl sites for hydroxylation is 1. The van der Waals surface area contributed by atoms with Crippen LogP contribution < -0.4 is 9.80 Å². The molecule has 0 aliphatic carbocycles. The van der Waals surface area contributed by atoms with Gasteiger partial charge < -0.3 is 18.9 Å². The molecule has 0 saturated heterocycles. The van der Waals surface area contributed by atoms with E-state index in [0.29, 0.717) is 5.69 Å². The first kappa shape index (κ1) is 74.2. The summed E-state index contributed by atoms with van der Waals surface area (Å²) in [6.07, 6.45) is 2.91. The predicted molar refractivity (Wildman–Crippen MR) is 494 cm³/mol. The zero-order valence-corrected chi connectivity index (χ0v) is 65.4. The molecule has 0 saturated carbocycles. The van der Waals surface area contributed by atoms with Gasteiger partial charge in [0.05, 0.1) is 39.0 Å². The molecule has 572 valence electrons. The van der Waals surface area contributed by atoms with Gasteiger partial charge in [0.2, 0.25) is 0 Å². The number of rotatable bonds is 16. The maximum Gasteiger partial charge on any atom is 0.416 e. The van der Waals surface area contributed by atoms with Crippen molar-refractivity contribution in [2.24, 2.45) is 0 Å². The molecule has 0 radical (unpaired) electrons. The van der Waals surface area contributed by atoms with Gasteiger partial charge in [-0.2, -0.15) is 13.2 Å². The maximum absolute atomic E-state index is 15.3. The average Bonchev–Trinajstić information content (AvgIpc) is 1.31. The molecule has 0 aliphatic heterocycles. The summed E-state index contributed by atoms with van der Waals surface area (Å²) in [6.45, 7) is 18.9. The lowest BCUT2D eigenvalue weighted by atomic mass is 9.91. The van der Waals surface area contributed by atoms with E-state index in [9.17, 15) is 13.2 Å². The Labute approximate surface area is 686 Å². The average molecular weight is 1550 g/mol. The minimum absolute atomic E-state index is 0.0252. The molecule has 0 unspecified atom stereocenters. The van der Waals surface area contributed by atoms with Crippen LogP contribution in [-0.2, 0) is 12.1 Å². The van der Waals surface area contributed by atoms with Crippen LogP contribution in [0.3, 0.4) is 0 Å². The van der Waals surface area contributed by atoms with Crippen molar-refractivity contribution in [1.82, 2.24) is 9.13 Å². The molecule has 20 aromatic rings. The summed E-state index contributed by atoms with van der Waals surface area (Å²) >= 11 is 0. The normalized spacial score (nSPS) is 11.8. The number of alkyl halides is 5. The number of aromatic nitrogens is 2. The SMILES string of the molecule is C=Cc1ccc(N(c2ccc3c4ccc(N(c5ccc(C=C)cc5)c5cccc6ccccc56)cc4c4cc(C(C)(F)F)ccc4c3c2)c2cccc3ccccc23)cc1.C=Cc1cccc(-c2ccc3c(c2)c2cc(-c4ccc5c(c4)c4cc(-c6cccc(C=C)c6)ccc4n5-c4cccc(C(F)(F)F)c4)ccc2n3-c2cccc(C)c2)c1. The van der Waals surface area contributed by atoms with E-state index in [0.717, 1.165) is 206 Å². The highest BCUT2D eigenvalue weighted by atomic mass is 19.4. The first-order valence-corrected chi connectivity index (χ1v) is 39.7. The quantitative estimate of drug-likeness (QED) is 0.0708. The maximum atomic E-state index is 15.3. The lowest BCUT2D eigenvalue weighted by Crippen LogP contribution is -2.11. The second-order valence-corrected chi connectivity index (χ2v) is 30.5. The fourth-order valence-corrected chi connectivity index (χ4v) is 17.3. The molecule has 2 heterocycles. The van der Waals surface area contributed by atoms with Gasteiger partial charge in [-0.05, 0) is 269 Å². The topological polar surface area (TPSA) is 16.3 Å². The number of anilines is 6. The summed E-state index contributed by atoms with van der Waals surface area (Å²) in [7, 11) is 0. The minimum Gasteiger partial charge on any atom is -0.310 e. The number of hydrogen-bond acceptors (Lipinski definition) is 2. The Morgan fingerprint density at radius 3 is 1.05 bits per heavy atom. The fraction of sp³-hybridized carbons (Fsp3) is 0.0364. The van der Waals surface area contributed by atoms with Crippen LogP contribution in [0.2, 0.25) is 0 Å². The molecule has 9 heteroatoms. The van der Waals surface area contributed by atoms with Gasteiger partial charge in [0.25, 0.3) is 5.92 Å². The van der Waals surface area contributed by atoms with Crippen LogP contribution in [-0.4, -0.2) is 9.13 Å². The van der Waals surface area contributed by atoms with Gasteiger partial charge in [0, 0.05) is 78.9 Å². The van der Waals surface area contributed by atoms with E-state index >= 15 is 8.78 Å². The van der Waals surface area contributed by atoms with E-state index in [1.54, 1.807) is 18.2 Å². The highest BCUT2D eigenvalue weighted by Gasteiger charge is 2.32. The van der Waals surface area contributed by atoms with Crippen LogP contribution in [0.25, 0.3) is 167 Å². The zero-order valence-electron chi connectivity index (χ0n) is 65.4. The first-order valence-electron chi connectivity index (χ1n) is 39.7. The van der Waals surface area contributed by atoms with Crippen molar-refractivity contribution in [2.45, 2.75) is 25.9 Å². The highest BCUT2D eigenvalue weighted by Crippen LogP contribution is 2.49. The highest BCUT2D eigenvalue weighted by molar-refractivity contribution is 6.27. The molecule has 20 rings (SSSR count). The van der Waals surface area contributed by atoms with Gasteiger partial charge in [-0.1, -0.05) is 251 Å². The van der Waals surface area contributed by atoms with Crippen LogP contribution in [0, 0.1) is 6.92 Å². The molecule has 0 amide bonds. The number of hydrogen-bond donors (Lipinski definition) is 0. The molecule has 0 N–H and O–H groups in total. The largest absolute Gasteiger partial charge is 0.416 e. The lowest BCUT2D eigenvalue weighted by molar-refractivity contribution is -0.137. The van der Waals surface area contributed by atoms with E-state index in [-0.39, 0.29) is 5.56 Å². The zero-order chi connectivity index (χ0) is 81.4. The third-order valence-electron chi connectivity index (χ3n) is 23.2. The molecular weight excluding hydrogens is 1470 g/mol. The number of halogens is 5. The molecule has 4 nitrogen and oxygen atoms in total. The summed E-state index contributed by atoms with van der Waals surface area (Å²) in [6, 6.07) is 121. The third kappa shape index (κ3) is 13.6. The van der Waals surface area contributed by atoms with Crippen molar-refractivity contribution in [2.75, 3.05) is 9.80 Å². The van der Waals surface area contributed by atoms with Gasteiger partial charge in [-0.15, -0.1) is 0 Å². The Balaban J connectivity index is 0.000000158. The summed E-state index contributed by atoms with van der Waals surface area (Å²) < 4.78 is 76.9. The summed E-state index contributed by atoms with van der Waals surface area (Å²) in [5, 5.41) is 14.2. The molecule has 0 fully saturated rings. The summed E-state index contributed by atoms with van der Waals surface area (Å²) in [5.74, 6) is -3.03. The van der Waals surface area contributed by atoms with Crippen molar-refractivity contribution < 1.29 is 22.0 Å². The Morgan fingerprint density at radius 2 is 0.622 bits per heavy atom. The van der Waals surface area contributed by atoms with Crippen LogP contribution in [0.5, 0.6) is 0 Å². The molecule has 0 spiro atoms. The molecule has 0 atom stereocenters. The lowest BCUT2D eigenvalue weighted by Gasteiger charge is -2.28. The van der Waals surface area contributed by atoms with E-state index in [1.807, 2.05) is 65.3 Å². The molecule has 2 aromatic heterocycles. The van der Waals surface area contributed by atoms with Gasteiger partial charge in [0.1, 0.15) is 0 Å². The van der Waals surface area contributed by atoms with Crippen molar-refractivity contribution in [3.05, 3.63) is 423 Å². The molecule has 0 bridgehead atoms. The predicted octanol–water partition coefficient (Wildman–Crippen LogP) is 32.3. The van der Waals surface area contributed by atoms with Crippen LogP contribution in [0.15, 0.2) is 384 Å². The van der Waals surface area contributed by atoms with Gasteiger partial charge >= 0.3 is 6.18 Å².